The molecule has 0 aliphatic carbocycles. The van der Waals surface area contributed by atoms with Crippen LogP contribution >= 0.6 is 0 Å². The average Bonchev–Trinajstić information content (AvgIpc) is 2.90. The number of fused-ring (bicyclic) bond motifs is 1. The van der Waals surface area contributed by atoms with Crippen molar-refractivity contribution < 1.29 is 14.6 Å². The van der Waals surface area contributed by atoms with Gasteiger partial charge in [0, 0.05) is 30.6 Å². The number of methoxy groups -OCH3 is 1. The number of hydrogen-bond acceptors (Lipinski definition) is 6. The number of aryl methyl sites for hydroxylation is 2. The number of likely N-dealkylation sites (N-methyl/N-ethyl adjacent to an activating group) is 1. The first kappa shape index (κ1) is 16.3. The Morgan fingerprint density at radius 2 is 2.22 bits per heavy atom. The van der Waals surface area contributed by atoms with Crippen LogP contribution in [0.5, 0.6) is 0 Å². The summed E-state index contributed by atoms with van der Waals surface area (Å²) < 4.78 is 12.7. The standard InChI is InChI=1S/C16H24N4O3/c1-10-5-11(2)20-16(18-10)12(6-17-20)7-19(3)13-8-23-9-14(22-4)15(13)21/h5-6,13-15,21H,7-9H2,1-4H3/t13-,14-,15+/m1/s1. The van der Waals surface area contributed by atoms with Crippen LogP contribution in [0.2, 0.25) is 0 Å². The molecule has 1 N–H and O–H groups in total. The van der Waals surface area contributed by atoms with E-state index < -0.39 is 6.10 Å². The fourth-order valence-electron chi connectivity index (χ4n) is 3.16. The van der Waals surface area contributed by atoms with Crippen molar-refractivity contribution in [1.82, 2.24) is 19.5 Å². The van der Waals surface area contributed by atoms with E-state index in [9.17, 15) is 5.11 Å². The molecule has 0 bridgehead atoms. The van der Waals surface area contributed by atoms with Crippen molar-refractivity contribution in [1.29, 1.82) is 0 Å². The van der Waals surface area contributed by atoms with Crippen LogP contribution in [0, 0.1) is 13.8 Å². The largest absolute Gasteiger partial charge is 0.389 e. The van der Waals surface area contributed by atoms with Gasteiger partial charge in [-0.2, -0.15) is 5.10 Å². The first-order chi connectivity index (χ1) is 11.0. The molecule has 0 aromatic carbocycles. The number of rotatable bonds is 4. The minimum atomic E-state index is -0.572. The lowest BCUT2D eigenvalue weighted by Gasteiger charge is -2.38. The van der Waals surface area contributed by atoms with Crippen molar-refractivity contribution in [2.45, 2.75) is 38.6 Å². The van der Waals surface area contributed by atoms with E-state index in [1.165, 1.54) is 0 Å². The lowest BCUT2D eigenvalue weighted by Crippen LogP contribution is -2.55. The van der Waals surface area contributed by atoms with Gasteiger partial charge in [0.1, 0.15) is 12.2 Å². The monoisotopic (exact) mass is 320 g/mol. The van der Waals surface area contributed by atoms with Gasteiger partial charge in [0.15, 0.2) is 5.65 Å². The summed E-state index contributed by atoms with van der Waals surface area (Å²) in [6, 6.07) is 1.89. The van der Waals surface area contributed by atoms with E-state index in [1.807, 2.05) is 37.7 Å². The third-order valence-corrected chi connectivity index (χ3v) is 4.49. The lowest BCUT2D eigenvalue weighted by atomic mass is 10.0. The van der Waals surface area contributed by atoms with E-state index >= 15 is 0 Å². The summed E-state index contributed by atoms with van der Waals surface area (Å²) >= 11 is 0. The summed E-state index contributed by atoms with van der Waals surface area (Å²) in [5, 5.41) is 14.9. The molecule has 23 heavy (non-hydrogen) atoms. The molecule has 2 aromatic rings. The molecule has 126 valence electrons. The molecule has 1 saturated heterocycles. The third-order valence-electron chi connectivity index (χ3n) is 4.49. The number of aromatic nitrogens is 3. The minimum absolute atomic E-state index is 0.116. The predicted octanol–water partition coefficient (Wildman–Crippen LogP) is 0.553. The molecule has 2 aromatic heterocycles. The highest BCUT2D eigenvalue weighted by atomic mass is 16.5. The molecular formula is C16H24N4O3. The van der Waals surface area contributed by atoms with Crippen LogP contribution in [0.1, 0.15) is 17.0 Å². The zero-order valence-electron chi connectivity index (χ0n) is 14.1. The zero-order valence-corrected chi connectivity index (χ0v) is 14.1. The van der Waals surface area contributed by atoms with Gasteiger partial charge in [0.05, 0.1) is 25.5 Å². The number of nitrogens with zero attached hydrogens (tertiary/aromatic N) is 4. The molecule has 3 atom stereocenters. The van der Waals surface area contributed by atoms with E-state index in [-0.39, 0.29) is 12.1 Å². The van der Waals surface area contributed by atoms with Gasteiger partial charge >= 0.3 is 0 Å². The molecule has 1 aliphatic rings. The Labute approximate surface area is 135 Å². The summed E-state index contributed by atoms with van der Waals surface area (Å²) in [5.41, 5.74) is 3.93. The number of aliphatic hydroxyl groups excluding tert-OH is 1. The molecule has 0 saturated carbocycles. The quantitative estimate of drug-likeness (QED) is 0.887. The predicted molar refractivity (Wildman–Crippen MR) is 85.3 cm³/mol. The van der Waals surface area contributed by atoms with Crippen molar-refractivity contribution in [3.05, 3.63) is 29.2 Å². The maximum atomic E-state index is 10.4. The third kappa shape index (κ3) is 3.10. The fourth-order valence-corrected chi connectivity index (χ4v) is 3.16. The van der Waals surface area contributed by atoms with Crippen molar-refractivity contribution in [3.8, 4) is 0 Å². The second kappa shape index (κ2) is 6.52. The maximum absolute atomic E-state index is 10.4. The normalized spacial score (nSPS) is 25.4. The summed E-state index contributed by atoms with van der Waals surface area (Å²) in [7, 11) is 3.57. The summed E-state index contributed by atoms with van der Waals surface area (Å²) in [6.07, 6.45) is 0.981. The van der Waals surface area contributed by atoms with Crippen LogP contribution in [-0.4, -0.2) is 70.2 Å². The molecule has 3 rings (SSSR count). The maximum Gasteiger partial charge on any atom is 0.159 e. The molecule has 3 heterocycles. The van der Waals surface area contributed by atoms with Crippen LogP contribution < -0.4 is 0 Å². The molecule has 7 nitrogen and oxygen atoms in total. The Hall–Kier alpha value is -1.54. The van der Waals surface area contributed by atoms with Gasteiger partial charge in [-0.3, -0.25) is 4.90 Å². The molecule has 0 unspecified atom stereocenters. The van der Waals surface area contributed by atoms with Crippen LogP contribution in [0.3, 0.4) is 0 Å². The van der Waals surface area contributed by atoms with E-state index in [0.29, 0.717) is 19.8 Å². The van der Waals surface area contributed by atoms with Crippen LogP contribution in [-0.2, 0) is 16.0 Å². The Bertz CT molecular complexity index is 687. The first-order valence-electron chi connectivity index (χ1n) is 7.81. The Morgan fingerprint density at radius 3 is 2.96 bits per heavy atom. The average molecular weight is 320 g/mol. The summed E-state index contributed by atoms with van der Waals surface area (Å²) in [6.45, 7) is 5.56. The fraction of sp³-hybridized carbons (Fsp3) is 0.625. The molecular weight excluding hydrogens is 296 g/mol. The highest BCUT2D eigenvalue weighted by Crippen LogP contribution is 2.20. The molecule has 0 spiro atoms. The first-order valence-corrected chi connectivity index (χ1v) is 7.81. The second-order valence-corrected chi connectivity index (χ2v) is 6.23. The Balaban J connectivity index is 1.81. The van der Waals surface area contributed by atoms with Crippen LogP contribution in [0.15, 0.2) is 12.3 Å². The lowest BCUT2D eigenvalue weighted by molar-refractivity contribution is -0.141. The van der Waals surface area contributed by atoms with Gasteiger partial charge in [-0.15, -0.1) is 0 Å². The minimum Gasteiger partial charge on any atom is -0.389 e. The smallest absolute Gasteiger partial charge is 0.159 e. The van der Waals surface area contributed by atoms with Crippen molar-refractivity contribution in [3.63, 3.8) is 0 Å². The second-order valence-electron chi connectivity index (χ2n) is 6.23. The topological polar surface area (TPSA) is 72.1 Å². The zero-order chi connectivity index (χ0) is 16.6. The van der Waals surface area contributed by atoms with Gasteiger partial charge < -0.3 is 14.6 Å². The number of ether oxygens (including phenoxy) is 2. The van der Waals surface area contributed by atoms with E-state index in [1.54, 1.807) is 7.11 Å². The number of aliphatic hydroxyl groups is 1. The highest BCUT2D eigenvalue weighted by Gasteiger charge is 2.35. The van der Waals surface area contributed by atoms with E-state index in [0.717, 1.165) is 22.6 Å². The van der Waals surface area contributed by atoms with Gasteiger partial charge in [-0.1, -0.05) is 0 Å². The number of hydrogen-bond donors (Lipinski definition) is 1. The Kier molecular flexibility index (Phi) is 4.63. The van der Waals surface area contributed by atoms with Crippen molar-refractivity contribution >= 4 is 5.65 Å². The molecule has 7 heteroatoms. The van der Waals surface area contributed by atoms with Crippen molar-refractivity contribution in [2.75, 3.05) is 27.4 Å². The van der Waals surface area contributed by atoms with Crippen LogP contribution in [0.4, 0.5) is 0 Å². The Morgan fingerprint density at radius 1 is 1.43 bits per heavy atom. The van der Waals surface area contributed by atoms with Gasteiger partial charge in [0.25, 0.3) is 0 Å². The van der Waals surface area contributed by atoms with Gasteiger partial charge in [0.2, 0.25) is 0 Å². The highest BCUT2D eigenvalue weighted by molar-refractivity contribution is 5.47. The van der Waals surface area contributed by atoms with Gasteiger partial charge in [-0.25, -0.2) is 9.50 Å². The molecule has 0 radical (unpaired) electrons. The summed E-state index contributed by atoms with van der Waals surface area (Å²) in [4.78, 5) is 6.68. The van der Waals surface area contributed by atoms with Gasteiger partial charge in [-0.05, 0) is 27.0 Å². The molecule has 1 aliphatic heterocycles. The molecule has 0 amide bonds. The van der Waals surface area contributed by atoms with E-state index in [2.05, 4.69) is 15.0 Å². The van der Waals surface area contributed by atoms with Crippen molar-refractivity contribution in [2.24, 2.45) is 0 Å². The summed E-state index contributed by atoms with van der Waals surface area (Å²) in [5.74, 6) is 0. The molecule has 1 fully saturated rings. The SMILES string of the molecule is CO[C@@H]1COC[C@@H](N(C)Cc2cnn3c(C)cc(C)nc23)[C@@H]1O. The van der Waals surface area contributed by atoms with E-state index in [4.69, 9.17) is 9.47 Å². The van der Waals surface area contributed by atoms with Crippen LogP contribution in [0.25, 0.3) is 5.65 Å².